The van der Waals surface area contributed by atoms with Crippen LogP contribution in [0.2, 0.25) is 0 Å². The number of aliphatic carboxylic acids is 1. The van der Waals surface area contributed by atoms with Crippen molar-refractivity contribution in [2.75, 3.05) is 13.7 Å². The number of fused-ring (bicyclic) bond motifs is 1. The summed E-state index contributed by atoms with van der Waals surface area (Å²) in [6, 6.07) is 13.4. The maximum atomic E-state index is 13.8. The summed E-state index contributed by atoms with van der Waals surface area (Å²) in [6.07, 6.45) is -3.17. The van der Waals surface area contributed by atoms with Gasteiger partial charge in [-0.3, -0.25) is 29.4 Å². The SMILES string of the molecule is COCC1CC(NC(c2cccc3c2C(=O)N(C2CCC(=O)NC2=O)C3=O)c2nnnn2Cc2ccccc2)C1.O=C(O)C(F)(F)F. The number of tetrazole rings is 1. The Morgan fingerprint density at radius 2 is 1.79 bits per heavy atom. The number of halogens is 3. The summed E-state index contributed by atoms with van der Waals surface area (Å²) in [5, 5.41) is 25.5. The van der Waals surface area contributed by atoms with Gasteiger partial charge in [-0.25, -0.2) is 9.48 Å². The average Bonchev–Trinajstić information content (AvgIpc) is 3.56. The normalized spacial score (nSPS) is 21.4. The predicted molar refractivity (Wildman–Crippen MR) is 154 cm³/mol. The van der Waals surface area contributed by atoms with Gasteiger partial charge in [-0.15, -0.1) is 5.10 Å². The second-order valence-electron chi connectivity index (χ2n) is 11.3. The van der Waals surface area contributed by atoms with E-state index in [1.165, 1.54) is 0 Å². The van der Waals surface area contributed by atoms with Crippen molar-refractivity contribution in [3.8, 4) is 0 Å². The van der Waals surface area contributed by atoms with Crippen molar-refractivity contribution in [3.63, 3.8) is 0 Å². The summed E-state index contributed by atoms with van der Waals surface area (Å²) in [4.78, 5) is 61.5. The summed E-state index contributed by atoms with van der Waals surface area (Å²) in [6.45, 7) is 1.09. The van der Waals surface area contributed by atoms with Crippen molar-refractivity contribution >= 4 is 29.6 Å². The van der Waals surface area contributed by atoms with Crippen molar-refractivity contribution < 1.29 is 47.0 Å². The number of carboxylic acid groups (broad SMARTS) is 1. The number of ether oxygens (including phenoxy) is 1. The van der Waals surface area contributed by atoms with Gasteiger partial charge in [0.25, 0.3) is 11.8 Å². The zero-order chi connectivity index (χ0) is 33.9. The molecule has 2 aliphatic heterocycles. The van der Waals surface area contributed by atoms with E-state index < -0.39 is 47.9 Å². The molecule has 47 heavy (non-hydrogen) atoms. The van der Waals surface area contributed by atoms with E-state index in [0.29, 0.717) is 30.5 Å². The van der Waals surface area contributed by atoms with Crippen molar-refractivity contribution in [1.82, 2.24) is 35.7 Å². The van der Waals surface area contributed by atoms with Crippen LogP contribution >= 0.6 is 0 Å². The molecule has 4 amide bonds. The summed E-state index contributed by atoms with van der Waals surface area (Å²) < 4.78 is 38.7. The zero-order valence-electron chi connectivity index (χ0n) is 24.9. The van der Waals surface area contributed by atoms with Crippen LogP contribution in [0.25, 0.3) is 0 Å². The van der Waals surface area contributed by atoms with Gasteiger partial charge in [-0.05, 0) is 52.8 Å². The first-order chi connectivity index (χ1) is 22.4. The molecule has 14 nitrogen and oxygen atoms in total. The Labute approximate surface area is 265 Å². The fourth-order valence-corrected chi connectivity index (χ4v) is 5.85. The largest absolute Gasteiger partial charge is 0.490 e. The van der Waals surface area contributed by atoms with E-state index in [4.69, 9.17) is 14.6 Å². The Morgan fingerprint density at radius 1 is 1.09 bits per heavy atom. The fraction of sp³-hybridized carbons (Fsp3) is 0.400. The molecule has 248 valence electrons. The maximum absolute atomic E-state index is 13.8. The van der Waals surface area contributed by atoms with Crippen LogP contribution in [-0.4, -0.2) is 91.8 Å². The molecular formula is C30H30F3N7O7. The molecule has 6 rings (SSSR count). The molecule has 1 aromatic heterocycles. The monoisotopic (exact) mass is 657 g/mol. The van der Waals surface area contributed by atoms with Crippen molar-refractivity contribution in [2.45, 2.75) is 56.5 Å². The number of aromatic nitrogens is 4. The van der Waals surface area contributed by atoms with Gasteiger partial charge in [0.15, 0.2) is 5.82 Å². The first-order valence-corrected chi connectivity index (χ1v) is 14.6. The second kappa shape index (κ2) is 13.8. The van der Waals surface area contributed by atoms with Crippen LogP contribution in [0.5, 0.6) is 0 Å². The van der Waals surface area contributed by atoms with E-state index in [1.807, 2.05) is 30.3 Å². The number of benzene rings is 2. The van der Waals surface area contributed by atoms with E-state index in [1.54, 1.807) is 30.0 Å². The standard InChI is InChI=1S/C28H29N7O5.C2HF3O2/c1-40-15-17-12-18(13-17)29-24(25-31-32-33-34(25)14-16-6-3-2-4-7-16)19-8-5-9-20-23(19)28(39)35(27(20)38)21-10-11-22(36)30-26(21)37;3-2(4,5)1(6)7/h2-9,17-18,21,24,29H,10-15H2,1H3,(H,30,36,37);(H,6,7). The lowest BCUT2D eigenvalue weighted by molar-refractivity contribution is -0.192. The Hall–Kier alpha value is -5.03. The number of nitrogens with one attached hydrogen (secondary N) is 2. The van der Waals surface area contributed by atoms with Crippen molar-refractivity contribution in [3.05, 3.63) is 76.6 Å². The summed E-state index contributed by atoms with van der Waals surface area (Å²) >= 11 is 0. The molecule has 2 fully saturated rings. The smallest absolute Gasteiger partial charge is 0.475 e. The Morgan fingerprint density at radius 3 is 2.43 bits per heavy atom. The lowest BCUT2D eigenvalue weighted by Gasteiger charge is -2.38. The minimum Gasteiger partial charge on any atom is -0.475 e. The maximum Gasteiger partial charge on any atom is 0.490 e. The molecule has 0 bridgehead atoms. The number of carbonyl (C=O) groups is 5. The van der Waals surface area contributed by atoms with Gasteiger partial charge in [-0.2, -0.15) is 13.2 Å². The number of hydrogen-bond donors (Lipinski definition) is 3. The molecule has 2 atom stereocenters. The number of nitrogens with zero attached hydrogens (tertiary/aromatic N) is 5. The number of hydrogen-bond acceptors (Lipinski definition) is 10. The first kappa shape index (κ1) is 33.3. The second-order valence-corrected chi connectivity index (χ2v) is 11.3. The van der Waals surface area contributed by atoms with Gasteiger partial charge in [0, 0.05) is 26.2 Å². The zero-order valence-corrected chi connectivity index (χ0v) is 24.9. The molecule has 1 saturated heterocycles. The lowest BCUT2D eigenvalue weighted by Crippen LogP contribution is -2.54. The number of piperidine rings is 1. The minimum absolute atomic E-state index is 0.0550. The summed E-state index contributed by atoms with van der Waals surface area (Å²) in [7, 11) is 1.69. The highest BCUT2D eigenvalue weighted by atomic mass is 19.4. The molecule has 2 unspecified atom stereocenters. The molecule has 0 spiro atoms. The number of rotatable bonds is 9. The number of imide groups is 2. The highest BCUT2D eigenvalue weighted by molar-refractivity contribution is 6.24. The van der Waals surface area contributed by atoms with Crippen LogP contribution < -0.4 is 10.6 Å². The lowest BCUT2D eigenvalue weighted by atomic mass is 9.80. The van der Waals surface area contributed by atoms with Crippen LogP contribution in [-0.2, 0) is 25.7 Å². The highest BCUT2D eigenvalue weighted by Gasteiger charge is 2.47. The highest BCUT2D eigenvalue weighted by Crippen LogP contribution is 2.37. The van der Waals surface area contributed by atoms with Crippen molar-refractivity contribution in [2.24, 2.45) is 5.92 Å². The third kappa shape index (κ3) is 7.20. The molecule has 3 aromatic rings. The average molecular weight is 658 g/mol. The van der Waals surface area contributed by atoms with Crippen LogP contribution in [0.4, 0.5) is 13.2 Å². The van der Waals surface area contributed by atoms with Gasteiger partial charge in [0.05, 0.1) is 23.7 Å². The number of carbonyl (C=O) groups excluding carboxylic acids is 4. The van der Waals surface area contributed by atoms with Crippen LogP contribution in [0.15, 0.2) is 48.5 Å². The molecule has 3 aliphatic rings. The predicted octanol–water partition coefficient (Wildman–Crippen LogP) is 1.86. The van der Waals surface area contributed by atoms with Gasteiger partial charge in [0.2, 0.25) is 11.8 Å². The van der Waals surface area contributed by atoms with Crippen LogP contribution in [0, 0.1) is 5.92 Å². The minimum atomic E-state index is -5.08. The fourth-order valence-electron chi connectivity index (χ4n) is 5.85. The van der Waals surface area contributed by atoms with E-state index in [2.05, 4.69) is 26.2 Å². The molecular weight excluding hydrogens is 627 g/mol. The molecule has 2 aromatic carbocycles. The third-order valence-corrected chi connectivity index (χ3v) is 8.09. The first-order valence-electron chi connectivity index (χ1n) is 14.6. The third-order valence-electron chi connectivity index (χ3n) is 8.09. The Bertz CT molecular complexity index is 1680. The van der Waals surface area contributed by atoms with Crippen LogP contribution in [0.3, 0.4) is 0 Å². The van der Waals surface area contributed by atoms with E-state index in [-0.39, 0.29) is 30.0 Å². The Balaban J connectivity index is 0.000000559. The summed E-state index contributed by atoms with van der Waals surface area (Å²) in [5.74, 6) is -4.00. The Kier molecular flexibility index (Phi) is 9.76. The van der Waals surface area contributed by atoms with Gasteiger partial charge in [-0.1, -0.05) is 42.5 Å². The topological polar surface area (TPSA) is 186 Å². The molecule has 17 heteroatoms. The quantitative estimate of drug-likeness (QED) is 0.285. The van der Waals surface area contributed by atoms with E-state index >= 15 is 0 Å². The number of alkyl halides is 3. The van der Waals surface area contributed by atoms with Crippen molar-refractivity contribution in [1.29, 1.82) is 0 Å². The number of amides is 4. The van der Waals surface area contributed by atoms with Crippen LogP contribution in [0.1, 0.15) is 69.4 Å². The molecule has 1 aliphatic carbocycles. The van der Waals surface area contributed by atoms with Gasteiger partial charge in [0.1, 0.15) is 6.04 Å². The van der Waals surface area contributed by atoms with E-state index in [0.717, 1.165) is 23.3 Å². The summed E-state index contributed by atoms with van der Waals surface area (Å²) in [5.41, 5.74) is 2.00. The molecule has 0 radical (unpaired) electrons. The van der Waals surface area contributed by atoms with Gasteiger partial charge < -0.3 is 15.2 Å². The van der Waals surface area contributed by atoms with Gasteiger partial charge >= 0.3 is 12.1 Å². The molecule has 3 N–H and O–H groups in total. The number of carboxylic acids is 1. The molecule has 3 heterocycles. The van der Waals surface area contributed by atoms with E-state index in [9.17, 15) is 32.3 Å². The molecule has 1 saturated carbocycles. The number of methoxy groups -OCH3 is 1.